The molecule has 1 saturated carbocycles. The van der Waals surface area contributed by atoms with Crippen LogP contribution in [0.4, 0.5) is 0 Å². The van der Waals surface area contributed by atoms with Crippen LogP contribution < -0.4 is 5.32 Å². The first-order chi connectivity index (χ1) is 7.27. The molecular formula is C11H21NO3. The van der Waals surface area contributed by atoms with E-state index in [2.05, 4.69) is 5.32 Å². The number of carbonyl (C=O) groups excluding carboxylic acids is 1. The Morgan fingerprint density at radius 1 is 1.47 bits per heavy atom. The molecule has 1 aliphatic carbocycles. The SMILES string of the molecule is CCNC(COC1CCCC1)C(=O)OC. The summed E-state index contributed by atoms with van der Waals surface area (Å²) in [5.41, 5.74) is 0. The van der Waals surface area contributed by atoms with Crippen molar-refractivity contribution in [2.45, 2.75) is 44.8 Å². The van der Waals surface area contributed by atoms with Crippen LogP contribution in [0.2, 0.25) is 0 Å². The summed E-state index contributed by atoms with van der Waals surface area (Å²) in [7, 11) is 1.41. The van der Waals surface area contributed by atoms with Crippen molar-refractivity contribution in [2.75, 3.05) is 20.3 Å². The summed E-state index contributed by atoms with van der Waals surface area (Å²) in [4.78, 5) is 11.3. The van der Waals surface area contributed by atoms with E-state index in [0.717, 1.165) is 19.4 Å². The molecule has 0 amide bonds. The first-order valence-corrected chi connectivity index (χ1v) is 5.70. The Kier molecular flexibility index (Phi) is 5.65. The van der Waals surface area contributed by atoms with Crippen molar-refractivity contribution in [3.05, 3.63) is 0 Å². The standard InChI is InChI=1S/C11H21NO3/c1-3-12-10(11(13)14-2)8-15-9-6-4-5-7-9/h9-10,12H,3-8H2,1-2H3. The normalized spacial score (nSPS) is 19.1. The van der Waals surface area contributed by atoms with E-state index in [-0.39, 0.29) is 12.0 Å². The number of carbonyl (C=O) groups is 1. The quantitative estimate of drug-likeness (QED) is 0.674. The number of hydrogen-bond acceptors (Lipinski definition) is 4. The Balaban J connectivity index is 2.26. The summed E-state index contributed by atoms with van der Waals surface area (Å²) < 4.78 is 10.4. The lowest BCUT2D eigenvalue weighted by Crippen LogP contribution is -2.42. The minimum absolute atomic E-state index is 0.241. The van der Waals surface area contributed by atoms with Gasteiger partial charge in [-0.3, -0.25) is 4.79 Å². The molecule has 0 aliphatic heterocycles. The third-order valence-electron chi connectivity index (χ3n) is 2.74. The van der Waals surface area contributed by atoms with Gasteiger partial charge in [-0.1, -0.05) is 19.8 Å². The average molecular weight is 215 g/mol. The zero-order valence-corrected chi connectivity index (χ0v) is 9.62. The summed E-state index contributed by atoms with van der Waals surface area (Å²) in [5, 5.41) is 3.06. The molecule has 4 nitrogen and oxygen atoms in total. The average Bonchev–Trinajstić information content (AvgIpc) is 2.76. The summed E-state index contributed by atoms with van der Waals surface area (Å²) in [5.74, 6) is -0.241. The molecule has 1 fully saturated rings. The molecule has 0 bridgehead atoms. The number of ether oxygens (including phenoxy) is 2. The number of esters is 1. The smallest absolute Gasteiger partial charge is 0.325 e. The molecule has 1 rings (SSSR count). The van der Waals surface area contributed by atoms with E-state index in [0.29, 0.717) is 12.7 Å². The van der Waals surface area contributed by atoms with E-state index in [1.807, 2.05) is 6.92 Å². The van der Waals surface area contributed by atoms with Gasteiger partial charge in [0.05, 0.1) is 19.8 Å². The van der Waals surface area contributed by atoms with Gasteiger partial charge in [0.15, 0.2) is 0 Å². The maximum absolute atomic E-state index is 11.3. The van der Waals surface area contributed by atoms with Crippen LogP contribution >= 0.6 is 0 Å². The molecule has 88 valence electrons. The monoisotopic (exact) mass is 215 g/mol. The van der Waals surface area contributed by atoms with Crippen molar-refractivity contribution < 1.29 is 14.3 Å². The van der Waals surface area contributed by atoms with Gasteiger partial charge in [-0.25, -0.2) is 0 Å². The molecule has 0 saturated heterocycles. The third kappa shape index (κ3) is 4.18. The molecule has 1 N–H and O–H groups in total. The molecular weight excluding hydrogens is 194 g/mol. The van der Waals surface area contributed by atoms with Crippen LogP contribution in [-0.2, 0) is 14.3 Å². The van der Waals surface area contributed by atoms with Crippen LogP contribution in [0.3, 0.4) is 0 Å². The Bertz CT molecular complexity index is 190. The van der Waals surface area contributed by atoms with Crippen molar-refractivity contribution in [2.24, 2.45) is 0 Å². The summed E-state index contributed by atoms with van der Waals surface area (Å²) >= 11 is 0. The van der Waals surface area contributed by atoms with E-state index < -0.39 is 0 Å². The Hall–Kier alpha value is -0.610. The van der Waals surface area contributed by atoms with Gasteiger partial charge in [-0.2, -0.15) is 0 Å². The third-order valence-corrected chi connectivity index (χ3v) is 2.74. The minimum Gasteiger partial charge on any atom is -0.468 e. The van der Waals surface area contributed by atoms with E-state index in [9.17, 15) is 4.79 Å². The molecule has 15 heavy (non-hydrogen) atoms. The zero-order valence-electron chi connectivity index (χ0n) is 9.62. The molecule has 0 spiro atoms. The lowest BCUT2D eigenvalue weighted by Gasteiger charge is -2.18. The van der Waals surface area contributed by atoms with Gasteiger partial charge in [-0.05, 0) is 19.4 Å². The highest BCUT2D eigenvalue weighted by atomic mass is 16.5. The number of rotatable bonds is 6. The fraction of sp³-hybridized carbons (Fsp3) is 0.909. The molecule has 1 atom stereocenters. The summed E-state index contributed by atoms with van der Waals surface area (Å²) in [6.07, 6.45) is 5.08. The predicted octanol–water partition coefficient (Wildman–Crippen LogP) is 1.10. The Labute approximate surface area is 91.3 Å². The van der Waals surface area contributed by atoms with Gasteiger partial charge in [0.25, 0.3) is 0 Å². The Morgan fingerprint density at radius 3 is 2.67 bits per heavy atom. The lowest BCUT2D eigenvalue weighted by atomic mass is 10.3. The molecule has 0 aromatic heterocycles. The van der Waals surface area contributed by atoms with Gasteiger partial charge in [0, 0.05) is 0 Å². The lowest BCUT2D eigenvalue weighted by molar-refractivity contribution is -0.145. The van der Waals surface area contributed by atoms with Crippen molar-refractivity contribution in [3.8, 4) is 0 Å². The van der Waals surface area contributed by atoms with E-state index in [1.54, 1.807) is 0 Å². The van der Waals surface area contributed by atoms with E-state index in [1.165, 1.54) is 20.0 Å². The molecule has 0 heterocycles. The largest absolute Gasteiger partial charge is 0.468 e. The summed E-state index contributed by atoms with van der Waals surface area (Å²) in [6, 6.07) is -0.319. The maximum Gasteiger partial charge on any atom is 0.325 e. The highest BCUT2D eigenvalue weighted by Gasteiger charge is 2.22. The number of hydrogen-bond donors (Lipinski definition) is 1. The highest BCUT2D eigenvalue weighted by molar-refractivity contribution is 5.75. The fourth-order valence-corrected chi connectivity index (χ4v) is 1.89. The summed E-state index contributed by atoms with van der Waals surface area (Å²) in [6.45, 7) is 3.13. The molecule has 1 unspecified atom stereocenters. The van der Waals surface area contributed by atoms with Crippen LogP contribution in [0.15, 0.2) is 0 Å². The molecule has 4 heteroatoms. The van der Waals surface area contributed by atoms with Crippen LogP contribution in [0.25, 0.3) is 0 Å². The highest BCUT2D eigenvalue weighted by Crippen LogP contribution is 2.20. The van der Waals surface area contributed by atoms with Gasteiger partial charge >= 0.3 is 5.97 Å². The van der Waals surface area contributed by atoms with Gasteiger partial charge in [-0.15, -0.1) is 0 Å². The minimum atomic E-state index is -0.319. The second kappa shape index (κ2) is 6.80. The van der Waals surface area contributed by atoms with Crippen molar-refractivity contribution in [3.63, 3.8) is 0 Å². The van der Waals surface area contributed by atoms with Crippen molar-refractivity contribution in [1.29, 1.82) is 0 Å². The molecule has 0 radical (unpaired) electrons. The van der Waals surface area contributed by atoms with Crippen LogP contribution in [0.1, 0.15) is 32.6 Å². The second-order valence-electron chi connectivity index (χ2n) is 3.87. The number of nitrogens with one attached hydrogen (secondary N) is 1. The van der Waals surface area contributed by atoms with Crippen LogP contribution in [0, 0.1) is 0 Å². The zero-order chi connectivity index (χ0) is 11.1. The first-order valence-electron chi connectivity index (χ1n) is 5.70. The maximum atomic E-state index is 11.3. The fourth-order valence-electron chi connectivity index (χ4n) is 1.89. The number of likely N-dealkylation sites (N-methyl/N-ethyl adjacent to an activating group) is 1. The molecule has 0 aromatic carbocycles. The van der Waals surface area contributed by atoms with E-state index >= 15 is 0 Å². The van der Waals surface area contributed by atoms with Crippen molar-refractivity contribution in [1.82, 2.24) is 5.32 Å². The van der Waals surface area contributed by atoms with Crippen molar-refractivity contribution >= 4 is 5.97 Å². The number of methoxy groups -OCH3 is 1. The van der Waals surface area contributed by atoms with Crippen LogP contribution in [0.5, 0.6) is 0 Å². The topological polar surface area (TPSA) is 47.6 Å². The second-order valence-corrected chi connectivity index (χ2v) is 3.87. The van der Waals surface area contributed by atoms with E-state index in [4.69, 9.17) is 9.47 Å². The van der Waals surface area contributed by atoms with Crippen LogP contribution in [-0.4, -0.2) is 38.4 Å². The van der Waals surface area contributed by atoms with Gasteiger partial charge in [0.2, 0.25) is 0 Å². The molecule has 1 aliphatic rings. The molecule has 0 aromatic rings. The first kappa shape index (κ1) is 12.5. The van der Waals surface area contributed by atoms with Gasteiger partial charge < -0.3 is 14.8 Å². The Morgan fingerprint density at radius 2 is 2.13 bits per heavy atom. The predicted molar refractivity (Wildman–Crippen MR) is 57.7 cm³/mol. The van der Waals surface area contributed by atoms with Gasteiger partial charge in [0.1, 0.15) is 6.04 Å².